The summed E-state index contributed by atoms with van der Waals surface area (Å²) >= 11 is 0. The molecule has 0 spiro atoms. The number of nitrogens with zero attached hydrogens (tertiary/aromatic N) is 3. The largest absolute Gasteiger partial charge is 0.465 e. The fraction of sp³-hybridized carbons (Fsp3) is 0.333. The fourth-order valence-corrected chi connectivity index (χ4v) is 3.53. The number of anilines is 1. The van der Waals surface area contributed by atoms with Gasteiger partial charge in [-0.3, -0.25) is 10.3 Å². The molecule has 26 heavy (non-hydrogen) atoms. The lowest BCUT2D eigenvalue weighted by atomic mass is 10.3. The van der Waals surface area contributed by atoms with Gasteiger partial charge >= 0.3 is 6.03 Å². The van der Waals surface area contributed by atoms with Gasteiger partial charge in [-0.25, -0.2) is 14.8 Å². The zero-order valence-electron chi connectivity index (χ0n) is 15.0. The van der Waals surface area contributed by atoms with Crippen molar-refractivity contribution in [2.45, 2.75) is 38.5 Å². The van der Waals surface area contributed by atoms with Gasteiger partial charge in [0.05, 0.1) is 11.6 Å². The number of hydrogen-bond donors (Lipinski definition) is 2. The van der Waals surface area contributed by atoms with Crippen molar-refractivity contribution in [2.75, 3.05) is 5.32 Å². The van der Waals surface area contributed by atoms with Crippen molar-refractivity contribution in [3.8, 4) is 11.5 Å². The smallest absolute Gasteiger partial charge is 0.320 e. The standard InChI is InChI=1S/C18H21N5O2Si/c1-26(2,3)16-9-7-14(25-16)13-10-19-12-6-8-15(22-17(12)21-13)23-18(24)20-11-4-5-11/h6-11H,4-5H2,1-3H3,(H2,20,21,22,23,24). The molecule has 3 aromatic heterocycles. The number of carbonyl (C=O) groups is 1. The third kappa shape index (κ3) is 3.60. The summed E-state index contributed by atoms with van der Waals surface area (Å²) in [4.78, 5) is 25.2. The molecule has 134 valence electrons. The summed E-state index contributed by atoms with van der Waals surface area (Å²) in [5, 5.41) is 6.63. The topological polar surface area (TPSA) is 92.9 Å². The summed E-state index contributed by atoms with van der Waals surface area (Å²) in [5.41, 5.74) is 1.77. The van der Waals surface area contributed by atoms with Gasteiger partial charge < -0.3 is 9.73 Å². The highest BCUT2D eigenvalue weighted by atomic mass is 28.3. The second kappa shape index (κ2) is 6.21. The number of urea groups is 1. The Kier molecular flexibility index (Phi) is 3.99. The lowest BCUT2D eigenvalue weighted by Gasteiger charge is -2.11. The average molecular weight is 367 g/mol. The Bertz CT molecular complexity index is 975. The Balaban J connectivity index is 1.60. The first-order chi connectivity index (χ1) is 12.4. The Morgan fingerprint density at radius 1 is 1.15 bits per heavy atom. The second-order valence-corrected chi connectivity index (χ2v) is 12.6. The molecule has 1 aliphatic carbocycles. The molecule has 7 nitrogen and oxygen atoms in total. The molecular weight excluding hydrogens is 346 g/mol. The SMILES string of the molecule is C[Si](C)(C)c1ccc(-c2cnc3ccc(NC(=O)NC4CC4)nc3n2)o1. The highest BCUT2D eigenvalue weighted by Gasteiger charge is 2.23. The summed E-state index contributed by atoms with van der Waals surface area (Å²) < 4.78 is 5.98. The maximum absolute atomic E-state index is 11.9. The highest BCUT2D eigenvalue weighted by Crippen LogP contribution is 2.21. The molecule has 3 aromatic rings. The van der Waals surface area contributed by atoms with Crippen LogP contribution >= 0.6 is 0 Å². The van der Waals surface area contributed by atoms with E-state index in [1.54, 1.807) is 18.3 Å². The Labute approximate surface area is 152 Å². The van der Waals surface area contributed by atoms with Crippen LogP contribution in [0.3, 0.4) is 0 Å². The molecule has 0 unspecified atom stereocenters. The molecular formula is C18H21N5O2Si. The summed E-state index contributed by atoms with van der Waals surface area (Å²) in [6, 6.07) is 7.51. The molecule has 1 fully saturated rings. The number of nitrogens with one attached hydrogen (secondary N) is 2. The number of carbonyl (C=O) groups excluding carboxylic acids is 1. The third-order valence-electron chi connectivity index (χ3n) is 4.16. The van der Waals surface area contributed by atoms with E-state index in [0.717, 1.165) is 18.2 Å². The van der Waals surface area contributed by atoms with Gasteiger partial charge in [-0.05, 0) is 37.1 Å². The Morgan fingerprint density at radius 3 is 2.65 bits per heavy atom. The van der Waals surface area contributed by atoms with E-state index < -0.39 is 8.07 Å². The van der Waals surface area contributed by atoms with E-state index in [-0.39, 0.29) is 6.03 Å². The molecule has 8 heteroatoms. The minimum atomic E-state index is -1.52. The highest BCUT2D eigenvalue weighted by molar-refractivity contribution is 6.87. The van der Waals surface area contributed by atoms with E-state index >= 15 is 0 Å². The lowest BCUT2D eigenvalue weighted by molar-refractivity contribution is 0.251. The number of hydrogen-bond acceptors (Lipinski definition) is 5. The van der Waals surface area contributed by atoms with Crippen LogP contribution in [0.2, 0.25) is 19.6 Å². The molecule has 2 N–H and O–H groups in total. The van der Waals surface area contributed by atoms with Crippen molar-refractivity contribution < 1.29 is 9.21 Å². The number of furan rings is 1. The first-order valence-electron chi connectivity index (χ1n) is 8.70. The minimum Gasteiger partial charge on any atom is -0.465 e. The molecule has 4 rings (SSSR count). The molecule has 0 bridgehead atoms. The maximum atomic E-state index is 11.9. The van der Waals surface area contributed by atoms with Gasteiger partial charge in [-0.15, -0.1) is 0 Å². The van der Waals surface area contributed by atoms with Gasteiger partial charge in [0, 0.05) is 6.04 Å². The van der Waals surface area contributed by atoms with Crippen LogP contribution in [0.4, 0.5) is 10.6 Å². The first kappa shape index (κ1) is 16.7. The van der Waals surface area contributed by atoms with Crippen molar-refractivity contribution in [2.24, 2.45) is 0 Å². The Morgan fingerprint density at radius 2 is 1.96 bits per heavy atom. The van der Waals surface area contributed by atoms with Crippen LogP contribution in [0, 0.1) is 0 Å². The van der Waals surface area contributed by atoms with Crippen molar-refractivity contribution in [1.29, 1.82) is 0 Å². The summed E-state index contributed by atoms with van der Waals surface area (Å²) in [7, 11) is -1.52. The van der Waals surface area contributed by atoms with E-state index in [1.807, 2.05) is 12.1 Å². The average Bonchev–Trinajstić information content (AvgIpc) is 3.24. The molecule has 0 aliphatic heterocycles. The maximum Gasteiger partial charge on any atom is 0.320 e. The van der Waals surface area contributed by atoms with Gasteiger partial charge in [0.2, 0.25) is 0 Å². The van der Waals surface area contributed by atoms with Gasteiger partial charge in [0.25, 0.3) is 0 Å². The van der Waals surface area contributed by atoms with Gasteiger partial charge in [-0.2, -0.15) is 0 Å². The fourth-order valence-electron chi connectivity index (χ4n) is 2.53. The summed E-state index contributed by atoms with van der Waals surface area (Å²) in [6.07, 6.45) is 3.76. The molecule has 1 aliphatic rings. The predicted octanol–water partition coefficient (Wildman–Crippen LogP) is 3.11. The van der Waals surface area contributed by atoms with Crippen LogP contribution in [-0.4, -0.2) is 35.1 Å². The van der Waals surface area contributed by atoms with Crippen molar-refractivity contribution in [3.63, 3.8) is 0 Å². The van der Waals surface area contributed by atoms with E-state index in [4.69, 9.17) is 4.42 Å². The molecule has 3 heterocycles. The number of pyridine rings is 1. The molecule has 0 saturated heterocycles. The molecule has 1 saturated carbocycles. The zero-order chi connectivity index (χ0) is 18.3. The van der Waals surface area contributed by atoms with Gasteiger partial charge in [0.15, 0.2) is 11.4 Å². The van der Waals surface area contributed by atoms with Crippen molar-refractivity contribution >= 4 is 36.5 Å². The van der Waals surface area contributed by atoms with E-state index in [9.17, 15) is 4.79 Å². The normalized spacial score (nSPS) is 14.4. The van der Waals surface area contributed by atoms with Crippen LogP contribution in [0.25, 0.3) is 22.6 Å². The second-order valence-electron chi connectivity index (χ2n) is 7.58. The van der Waals surface area contributed by atoms with Crippen molar-refractivity contribution in [1.82, 2.24) is 20.3 Å². The number of fused-ring (bicyclic) bond motifs is 1. The molecule has 0 aromatic carbocycles. The van der Waals surface area contributed by atoms with Crippen LogP contribution < -0.4 is 16.0 Å². The Hall–Kier alpha value is -2.74. The number of amides is 2. The molecule has 2 amide bonds. The van der Waals surface area contributed by atoms with E-state index in [2.05, 4.69) is 45.2 Å². The lowest BCUT2D eigenvalue weighted by Crippen LogP contribution is -2.36. The van der Waals surface area contributed by atoms with Gasteiger partial charge in [-0.1, -0.05) is 19.6 Å². The summed E-state index contributed by atoms with van der Waals surface area (Å²) in [6.45, 7) is 6.69. The predicted molar refractivity (Wildman–Crippen MR) is 103 cm³/mol. The van der Waals surface area contributed by atoms with Crippen molar-refractivity contribution in [3.05, 3.63) is 30.5 Å². The van der Waals surface area contributed by atoms with Crippen LogP contribution in [0.15, 0.2) is 34.9 Å². The molecule has 0 radical (unpaired) electrons. The van der Waals surface area contributed by atoms with Crippen LogP contribution in [0.1, 0.15) is 12.8 Å². The third-order valence-corrected chi connectivity index (χ3v) is 5.91. The first-order valence-corrected chi connectivity index (χ1v) is 12.2. The van der Waals surface area contributed by atoms with E-state index in [0.29, 0.717) is 34.5 Å². The monoisotopic (exact) mass is 367 g/mol. The summed E-state index contributed by atoms with van der Waals surface area (Å²) in [5.74, 6) is 1.13. The molecule has 0 atom stereocenters. The quantitative estimate of drug-likeness (QED) is 0.691. The van der Waals surface area contributed by atoms with Crippen LogP contribution in [-0.2, 0) is 0 Å². The minimum absolute atomic E-state index is 0.241. The van der Waals surface area contributed by atoms with E-state index in [1.165, 1.54) is 0 Å². The van der Waals surface area contributed by atoms with Gasteiger partial charge in [0.1, 0.15) is 25.1 Å². The number of rotatable bonds is 4. The van der Waals surface area contributed by atoms with Crippen LogP contribution in [0.5, 0.6) is 0 Å². The zero-order valence-corrected chi connectivity index (χ0v) is 16.0. The number of aromatic nitrogens is 3.